The molecule has 0 saturated heterocycles. The molecule has 0 aliphatic rings. The molecule has 0 saturated carbocycles. The molecule has 0 atom stereocenters. The van der Waals surface area contributed by atoms with E-state index in [4.69, 9.17) is 4.31 Å². The van der Waals surface area contributed by atoms with Gasteiger partial charge in [0.25, 0.3) is 0 Å². The summed E-state index contributed by atoms with van der Waals surface area (Å²) in [5.41, 5.74) is 2.47. The number of benzene rings is 2. The van der Waals surface area contributed by atoms with Crippen molar-refractivity contribution in [3.63, 3.8) is 0 Å². The molecule has 2 aromatic carbocycles. The average molecular weight is 513 g/mol. The fraction of sp³-hybridized carbons (Fsp3) is 0.556. The van der Waals surface area contributed by atoms with Crippen molar-refractivity contribution in [1.29, 1.82) is 0 Å². The van der Waals surface area contributed by atoms with Gasteiger partial charge in [-0.05, 0) is 0 Å². The van der Waals surface area contributed by atoms with E-state index in [1.54, 1.807) is 18.2 Å². The van der Waals surface area contributed by atoms with Crippen molar-refractivity contribution in [3.8, 4) is 0 Å². The van der Waals surface area contributed by atoms with E-state index in [1.165, 1.54) is 0 Å². The third-order valence-electron chi connectivity index (χ3n) is 7.86. The van der Waals surface area contributed by atoms with Crippen LogP contribution in [-0.2, 0) is 20.6 Å². The summed E-state index contributed by atoms with van der Waals surface area (Å²) in [7, 11) is -9.23. The molecule has 194 valence electrons. The van der Waals surface area contributed by atoms with Crippen LogP contribution in [-0.4, -0.2) is 19.6 Å². The predicted octanol–water partition coefficient (Wildman–Crippen LogP) is 5.68. The van der Waals surface area contributed by atoms with Crippen LogP contribution in [0.4, 0.5) is 0 Å². The van der Waals surface area contributed by atoms with E-state index in [0.717, 1.165) is 36.0 Å². The summed E-state index contributed by atoms with van der Waals surface area (Å²) in [6.45, 7) is 19.0. The van der Waals surface area contributed by atoms with Crippen molar-refractivity contribution in [2.45, 2.75) is 97.8 Å². The maximum atomic E-state index is 11.2. The van der Waals surface area contributed by atoms with Crippen molar-refractivity contribution < 1.29 is 23.9 Å². The summed E-state index contributed by atoms with van der Waals surface area (Å²) in [5, 5.41) is 0.446. The van der Waals surface area contributed by atoms with E-state index >= 15 is 0 Å². The Hall–Kier alpha value is -0.900. The van der Waals surface area contributed by atoms with E-state index in [0.29, 0.717) is 0 Å². The van der Waals surface area contributed by atoms with Crippen LogP contribution < -0.4 is 10.6 Å². The first-order chi connectivity index (χ1) is 15.4. The Morgan fingerprint density at radius 3 is 1.53 bits per heavy atom. The van der Waals surface area contributed by atoms with E-state index in [2.05, 4.69) is 62.3 Å². The number of hydrogen-bond donors (Lipinski definition) is 4. The van der Waals surface area contributed by atoms with Gasteiger partial charge in [-0.3, -0.25) is 0 Å². The van der Waals surface area contributed by atoms with Crippen LogP contribution in [0.5, 0.6) is 0 Å². The molecule has 7 heteroatoms. The van der Waals surface area contributed by atoms with Crippen LogP contribution in [0.1, 0.15) is 98.3 Å². The van der Waals surface area contributed by atoms with Crippen LogP contribution in [0.2, 0.25) is 0 Å². The molecule has 0 fully saturated rings. The fourth-order valence-electron chi connectivity index (χ4n) is 3.86. The zero-order chi connectivity index (χ0) is 26.2. The summed E-state index contributed by atoms with van der Waals surface area (Å²) in [6.07, 6.45) is 2.65. The van der Waals surface area contributed by atoms with Gasteiger partial charge in [-0.1, -0.05) is 0 Å². The maximum absolute atomic E-state index is 11.2. The second-order valence-corrected chi connectivity index (χ2v) is 15.7. The monoisotopic (exact) mass is 512 g/mol. The molecule has 5 nitrogen and oxygen atoms in total. The molecular weight excluding hydrogens is 466 g/mol. The second kappa shape index (κ2) is 10.2. The molecular formula is C27H46O5P2. The third kappa shape index (κ3) is 6.26. The fourth-order valence-corrected chi connectivity index (χ4v) is 8.02. The van der Waals surface area contributed by atoms with Gasteiger partial charge in [0, 0.05) is 0 Å². The molecule has 0 radical (unpaired) electrons. The van der Waals surface area contributed by atoms with Crippen molar-refractivity contribution in [2.75, 3.05) is 0 Å². The van der Waals surface area contributed by atoms with Gasteiger partial charge in [0.05, 0.1) is 0 Å². The molecule has 0 heterocycles. The Bertz CT molecular complexity index is 979. The van der Waals surface area contributed by atoms with E-state index in [-0.39, 0.29) is 26.9 Å². The quantitative estimate of drug-likeness (QED) is 0.308. The van der Waals surface area contributed by atoms with Gasteiger partial charge in [0.15, 0.2) is 0 Å². The first-order valence-electron chi connectivity index (χ1n) is 12.3. The summed E-state index contributed by atoms with van der Waals surface area (Å²) in [5.74, 6) is 0. The van der Waals surface area contributed by atoms with Gasteiger partial charge in [-0.2, -0.15) is 0 Å². The van der Waals surface area contributed by atoms with Gasteiger partial charge < -0.3 is 0 Å². The molecule has 0 bridgehead atoms. The molecule has 0 aliphatic heterocycles. The van der Waals surface area contributed by atoms with Crippen molar-refractivity contribution in [1.82, 2.24) is 0 Å². The molecule has 4 N–H and O–H groups in total. The van der Waals surface area contributed by atoms with Crippen LogP contribution in [0.25, 0.3) is 0 Å². The average Bonchev–Trinajstić information content (AvgIpc) is 2.78. The SMILES string of the molecule is CCC(C)(C)c1ccc([PH](O)(O)O[PH](O)(O)c2ccc(C(C)(C)CC)cc2C(C)(C)CC)cc1. The molecule has 0 aromatic heterocycles. The summed E-state index contributed by atoms with van der Waals surface area (Å²) in [4.78, 5) is 44.2. The first-order valence-corrected chi connectivity index (χ1v) is 15.9. The Morgan fingerprint density at radius 2 is 1.06 bits per heavy atom. The minimum atomic E-state index is -4.66. The molecule has 0 amide bonds. The van der Waals surface area contributed by atoms with Crippen LogP contribution in [0.3, 0.4) is 0 Å². The summed E-state index contributed by atoms with van der Waals surface area (Å²) < 4.78 is 5.48. The zero-order valence-corrected chi connectivity index (χ0v) is 24.4. The predicted molar refractivity (Wildman–Crippen MR) is 149 cm³/mol. The van der Waals surface area contributed by atoms with Gasteiger partial charge in [-0.25, -0.2) is 0 Å². The van der Waals surface area contributed by atoms with E-state index < -0.39 is 15.9 Å². The Kier molecular flexibility index (Phi) is 8.82. The molecule has 0 aliphatic carbocycles. The van der Waals surface area contributed by atoms with Gasteiger partial charge in [-0.15, -0.1) is 0 Å². The summed E-state index contributed by atoms with van der Waals surface area (Å²) >= 11 is 0. The molecule has 0 unspecified atom stereocenters. The van der Waals surface area contributed by atoms with Gasteiger partial charge >= 0.3 is 207 Å². The Balaban J connectivity index is 2.50. The molecule has 2 aromatic rings. The van der Waals surface area contributed by atoms with Gasteiger partial charge in [0.2, 0.25) is 0 Å². The Morgan fingerprint density at radius 1 is 0.618 bits per heavy atom. The van der Waals surface area contributed by atoms with E-state index in [1.807, 2.05) is 24.3 Å². The standard InChI is InChI=1S/C27H46O5P2/c1-10-25(4,5)20-13-16-22(17-14-20)33(28,29)32-34(30,31)24-18-15-21(26(6,7)11-2)19-23(24)27(8,9)12-3/h13-19,28-31,33-34H,10-12H2,1-9H3. The number of rotatable bonds is 10. The molecule has 34 heavy (non-hydrogen) atoms. The first kappa shape index (κ1) is 29.3. The minimum absolute atomic E-state index is 0.0460. The van der Waals surface area contributed by atoms with Crippen molar-refractivity contribution >= 4 is 26.5 Å². The van der Waals surface area contributed by atoms with Crippen LogP contribution in [0.15, 0.2) is 42.5 Å². The Labute approximate surface area is 207 Å². The molecule has 2 rings (SSSR count). The second-order valence-electron chi connectivity index (χ2n) is 11.4. The van der Waals surface area contributed by atoms with Crippen LogP contribution >= 0.6 is 15.9 Å². The number of hydrogen-bond acceptors (Lipinski definition) is 5. The topological polar surface area (TPSA) is 90.2 Å². The van der Waals surface area contributed by atoms with Crippen LogP contribution in [0, 0.1) is 0 Å². The molecule has 0 spiro atoms. The van der Waals surface area contributed by atoms with Gasteiger partial charge in [0.1, 0.15) is 0 Å². The summed E-state index contributed by atoms with van der Waals surface area (Å²) in [6, 6.07) is 12.6. The normalized spacial score (nSPS) is 14.9. The van der Waals surface area contributed by atoms with E-state index in [9.17, 15) is 19.6 Å². The third-order valence-corrected chi connectivity index (χ3v) is 12.4. The van der Waals surface area contributed by atoms with Crippen molar-refractivity contribution in [2.24, 2.45) is 0 Å². The van der Waals surface area contributed by atoms with Crippen molar-refractivity contribution in [3.05, 3.63) is 59.2 Å². The zero-order valence-electron chi connectivity index (χ0n) is 22.4.